The number of rotatable bonds is 3. The number of halogens is 2. The molecule has 0 bridgehead atoms. The van der Waals surface area contributed by atoms with Gasteiger partial charge in [-0.25, -0.2) is 13.8 Å². The Morgan fingerprint density at radius 1 is 1.21 bits per heavy atom. The predicted molar refractivity (Wildman–Crippen MR) is 82.9 cm³/mol. The fraction of sp³-hybridized carbons (Fsp3) is 0.0588. The van der Waals surface area contributed by atoms with Gasteiger partial charge in [-0.2, -0.15) is 0 Å². The molecule has 0 atom stereocenters. The topological polar surface area (TPSA) is 77.8 Å². The van der Waals surface area contributed by atoms with Gasteiger partial charge in [0.15, 0.2) is 11.3 Å². The number of hydrogen-bond donors (Lipinski definition) is 1. The largest absolute Gasteiger partial charge is 0.493 e. The summed E-state index contributed by atoms with van der Waals surface area (Å²) in [5.41, 5.74) is 5.05. The van der Waals surface area contributed by atoms with E-state index < -0.39 is 17.5 Å². The summed E-state index contributed by atoms with van der Waals surface area (Å²) in [5.74, 6) is -1.84. The van der Waals surface area contributed by atoms with Gasteiger partial charge in [0, 0.05) is 11.5 Å². The zero-order valence-corrected chi connectivity index (χ0v) is 12.5. The monoisotopic (exact) mass is 330 g/mol. The first-order valence-electron chi connectivity index (χ1n) is 6.90. The van der Waals surface area contributed by atoms with Crippen LogP contribution in [0, 0.1) is 11.6 Å². The smallest absolute Gasteiger partial charge is 0.254 e. The fourth-order valence-corrected chi connectivity index (χ4v) is 2.23. The molecule has 0 saturated heterocycles. The molecule has 2 N–H and O–H groups in total. The van der Waals surface area contributed by atoms with Crippen molar-refractivity contribution in [2.45, 2.75) is 0 Å². The molecular weight excluding hydrogens is 318 g/mol. The molecule has 0 unspecified atom stereocenters. The van der Waals surface area contributed by atoms with Gasteiger partial charge < -0.3 is 14.9 Å². The molecule has 0 radical (unpaired) electrons. The number of benzene rings is 2. The van der Waals surface area contributed by atoms with Crippen LogP contribution in [-0.4, -0.2) is 13.0 Å². The molecule has 3 aromatic rings. The number of para-hydroxylation sites is 1. The molecule has 0 aliphatic rings. The van der Waals surface area contributed by atoms with Crippen molar-refractivity contribution >= 4 is 22.6 Å². The van der Waals surface area contributed by atoms with Gasteiger partial charge in [0.05, 0.1) is 7.11 Å². The molecule has 0 aliphatic heterocycles. The highest BCUT2D eigenvalue weighted by Gasteiger charge is 2.13. The average molecular weight is 330 g/mol. The summed E-state index contributed by atoms with van der Waals surface area (Å²) in [5, 5.41) is 0.557. The van der Waals surface area contributed by atoms with Crippen molar-refractivity contribution in [3.63, 3.8) is 0 Å². The summed E-state index contributed by atoms with van der Waals surface area (Å²) in [6, 6.07) is 9.30. The lowest BCUT2D eigenvalue weighted by molar-refractivity contribution is 0.0996. The lowest BCUT2D eigenvalue weighted by atomic mass is 10.1. The van der Waals surface area contributed by atoms with E-state index in [0.29, 0.717) is 16.7 Å². The van der Waals surface area contributed by atoms with Crippen LogP contribution in [0.4, 0.5) is 14.5 Å². The quantitative estimate of drug-likeness (QED) is 0.802. The van der Waals surface area contributed by atoms with Gasteiger partial charge >= 0.3 is 0 Å². The maximum Gasteiger partial charge on any atom is 0.254 e. The molecule has 0 aliphatic carbocycles. The molecule has 0 fully saturated rings. The minimum atomic E-state index is -0.806. The van der Waals surface area contributed by atoms with E-state index in [9.17, 15) is 13.6 Å². The third kappa shape index (κ3) is 2.83. The van der Waals surface area contributed by atoms with Gasteiger partial charge in [-0.1, -0.05) is 12.1 Å². The molecule has 0 spiro atoms. The number of fused-ring (bicyclic) bond motifs is 1. The van der Waals surface area contributed by atoms with E-state index in [4.69, 9.17) is 14.9 Å². The number of nitrogens with two attached hydrogens (primary N) is 1. The van der Waals surface area contributed by atoms with Crippen LogP contribution in [0.3, 0.4) is 0 Å². The predicted octanol–water partition coefficient (Wildman–Crippen LogP) is 3.05. The van der Waals surface area contributed by atoms with Crippen LogP contribution in [-0.2, 0) is 0 Å². The van der Waals surface area contributed by atoms with Crippen LogP contribution in [0.15, 0.2) is 51.9 Å². The molecule has 1 heterocycles. The maximum absolute atomic E-state index is 13.8. The minimum absolute atomic E-state index is 0.0561. The van der Waals surface area contributed by atoms with E-state index in [1.807, 2.05) is 0 Å². The molecule has 2 aromatic carbocycles. The molecule has 3 rings (SSSR count). The van der Waals surface area contributed by atoms with Gasteiger partial charge in [0.2, 0.25) is 5.55 Å². The van der Waals surface area contributed by atoms with Crippen LogP contribution in [0.25, 0.3) is 11.0 Å². The minimum Gasteiger partial charge on any atom is -0.493 e. The molecule has 24 heavy (non-hydrogen) atoms. The van der Waals surface area contributed by atoms with Crippen LogP contribution in [0.1, 0.15) is 10.4 Å². The summed E-state index contributed by atoms with van der Waals surface area (Å²) in [6.45, 7) is 0. The molecule has 1 aromatic heterocycles. The molecule has 1 amide bonds. The Balaban J connectivity index is 2.36. The van der Waals surface area contributed by atoms with E-state index in [0.717, 1.165) is 18.2 Å². The van der Waals surface area contributed by atoms with Gasteiger partial charge in [-0.3, -0.25) is 4.79 Å². The number of ether oxygens (including phenoxy) is 1. The highest BCUT2D eigenvalue weighted by molar-refractivity contribution is 5.96. The van der Waals surface area contributed by atoms with Gasteiger partial charge in [0.1, 0.15) is 22.9 Å². The average Bonchev–Trinajstić information content (AvgIpc) is 2.56. The van der Waals surface area contributed by atoms with Crippen LogP contribution in [0.5, 0.6) is 5.75 Å². The number of methoxy groups -OCH3 is 1. The number of hydrogen-bond acceptors (Lipinski definition) is 4. The normalized spacial score (nSPS) is 11.7. The molecule has 7 heteroatoms. The molecule has 0 saturated carbocycles. The van der Waals surface area contributed by atoms with Crippen molar-refractivity contribution in [2.75, 3.05) is 7.11 Å². The van der Waals surface area contributed by atoms with E-state index >= 15 is 0 Å². The van der Waals surface area contributed by atoms with Gasteiger partial charge in [-0.05, 0) is 24.3 Å². The second-order valence-electron chi connectivity index (χ2n) is 4.92. The standard InChI is InChI=1S/C17H12F2N2O3/c1-23-14-4-2-3-9-7-11(16(20)22)17(24-15(9)14)21-13-8-10(18)5-6-12(13)19/h2-8H,1H3,(H2,20,22). The first-order valence-corrected chi connectivity index (χ1v) is 6.90. The number of carbonyl (C=O) groups excluding carboxylic acids is 1. The second kappa shape index (κ2) is 6.11. The third-order valence-electron chi connectivity index (χ3n) is 3.35. The highest BCUT2D eigenvalue weighted by Crippen LogP contribution is 2.25. The number of primary amides is 1. The molecule has 5 nitrogen and oxygen atoms in total. The SMILES string of the molecule is COc1cccc2cc(C(N)=O)c(=Nc3cc(F)ccc3F)oc12. The van der Waals surface area contributed by atoms with Crippen molar-refractivity contribution in [1.29, 1.82) is 0 Å². The Kier molecular flexibility index (Phi) is 3.99. The van der Waals surface area contributed by atoms with Crippen molar-refractivity contribution < 1.29 is 22.7 Å². The fourth-order valence-electron chi connectivity index (χ4n) is 2.23. The van der Waals surface area contributed by atoms with Crippen LogP contribution < -0.4 is 16.0 Å². The van der Waals surface area contributed by atoms with E-state index in [2.05, 4.69) is 4.99 Å². The van der Waals surface area contributed by atoms with E-state index in [1.54, 1.807) is 18.2 Å². The van der Waals surface area contributed by atoms with Crippen molar-refractivity contribution in [3.8, 4) is 5.75 Å². The summed E-state index contributed by atoms with van der Waals surface area (Å²) >= 11 is 0. The van der Waals surface area contributed by atoms with Gasteiger partial charge in [0.25, 0.3) is 5.91 Å². The Hall–Kier alpha value is -3.22. The van der Waals surface area contributed by atoms with E-state index in [-0.39, 0.29) is 16.8 Å². The summed E-state index contributed by atoms with van der Waals surface area (Å²) < 4.78 is 37.9. The van der Waals surface area contributed by atoms with Gasteiger partial charge in [-0.15, -0.1) is 0 Å². The zero-order chi connectivity index (χ0) is 17.3. The number of carbonyl (C=O) groups is 1. The third-order valence-corrected chi connectivity index (χ3v) is 3.35. The van der Waals surface area contributed by atoms with Crippen LogP contribution >= 0.6 is 0 Å². The van der Waals surface area contributed by atoms with Crippen molar-refractivity contribution in [2.24, 2.45) is 10.7 Å². The zero-order valence-electron chi connectivity index (χ0n) is 12.5. The number of nitrogens with zero attached hydrogens (tertiary/aromatic N) is 1. The van der Waals surface area contributed by atoms with Crippen molar-refractivity contribution in [1.82, 2.24) is 0 Å². The highest BCUT2D eigenvalue weighted by atomic mass is 19.1. The Bertz CT molecular complexity index is 1010. The lowest BCUT2D eigenvalue weighted by Crippen LogP contribution is -2.21. The number of amides is 1. The first kappa shape index (κ1) is 15.7. The van der Waals surface area contributed by atoms with E-state index in [1.165, 1.54) is 13.2 Å². The van der Waals surface area contributed by atoms with Crippen molar-refractivity contribution in [3.05, 3.63) is 65.2 Å². The second-order valence-corrected chi connectivity index (χ2v) is 4.92. The molecule has 122 valence electrons. The summed E-state index contributed by atoms with van der Waals surface area (Å²) in [6.07, 6.45) is 0. The Morgan fingerprint density at radius 2 is 2.00 bits per heavy atom. The van der Waals surface area contributed by atoms with Crippen LogP contribution in [0.2, 0.25) is 0 Å². The Labute approximate surface area is 135 Å². The molecular formula is C17H12F2N2O3. The summed E-state index contributed by atoms with van der Waals surface area (Å²) in [4.78, 5) is 15.6. The first-order chi connectivity index (χ1) is 11.5. The summed E-state index contributed by atoms with van der Waals surface area (Å²) in [7, 11) is 1.45. The lowest BCUT2D eigenvalue weighted by Gasteiger charge is -2.06. The Morgan fingerprint density at radius 3 is 2.71 bits per heavy atom. The maximum atomic E-state index is 13.8.